The molecule has 0 aliphatic heterocycles. The van der Waals surface area contributed by atoms with Crippen LogP contribution in [0.3, 0.4) is 0 Å². The lowest BCUT2D eigenvalue weighted by Gasteiger charge is -1.98. The number of nitrogens with two attached hydrogens (primary N) is 1. The standard InChI is InChI=1S/C13H10BrN3OS/c14-9-3-8(5-16-6-9)7-19-13-17-11-2-1-10(15)4-12(11)18-13/h1-6H,7,15H2. The minimum Gasteiger partial charge on any atom is -0.431 e. The van der Waals surface area contributed by atoms with Crippen LogP contribution in [0.4, 0.5) is 5.69 Å². The van der Waals surface area contributed by atoms with Gasteiger partial charge in [0.25, 0.3) is 5.22 Å². The molecule has 0 saturated heterocycles. The number of rotatable bonds is 3. The Morgan fingerprint density at radius 3 is 3.00 bits per heavy atom. The van der Waals surface area contributed by atoms with E-state index in [0.29, 0.717) is 10.9 Å². The van der Waals surface area contributed by atoms with Crippen LogP contribution in [-0.4, -0.2) is 9.97 Å². The van der Waals surface area contributed by atoms with Crippen molar-refractivity contribution < 1.29 is 4.42 Å². The van der Waals surface area contributed by atoms with Gasteiger partial charge < -0.3 is 10.2 Å². The van der Waals surface area contributed by atoms with Gasteiger partial charge in [0.15, 0.2) is 5.58 Å². The zero-order valence-electron chi connectivity index (χ0n) is 9.84. The van der Waals surface area contributed by atoms with Gasteiger partial charge in [-0.2, -0.15) is 0 Å². The van der Waals surface area contributed by atoms with E-state index in [1.165, 1.54) is 11.8 Å². The lowest BCUT2D eigenvalue weighted by atomic mass is 10.3. The highest BCUT2D eigenvalue weighted by atomic mass is 79.9. The Bertz CT molecular complexity index is 729. The van der Waals surface area contributed by atoms with Crippen LogP contribution in [-0.2, 0) is 5.75 Å². The topological polar surface area (TPSA) is 64.9 Å². The minimum absolute atomic E-state index is 0.639. The average Bonchev–Trinajstić information content (AvgIpc) is 2.78. The predicted octanol–water partition coefficient (Wildman–Crippen LogP) is 3.86. The van der Waals surface area contributed by atoms with Gasteiger partial charge in [0.05, 0.1) is 0 Å². The summed E-state index contributed by atoms with van der Waals surface area (Å²) < 4.78 is 6.61. The van der Waals surface area contributed by atoms with E-state index in [2.05, 4.69) is 25.9 Å². The van der Waals surface area contributed by atoms with Crippen molar-refractivity contribution in [2.24, 2.45) is 0 Å². The summed E-state index contributed by atoms with van der Waals surface area (Å²) in [5, 5.41) is 0.639. The molecule has 0 aliphatic carbocycles. The summed E-state index contributed by atoms with van der Waals surface area (Å²) in [4.78, 5) is 8.52. The summed E-state index contributed by atoms with van der Waals surface area (Å²) in [6.07, 6.45) is 3.59. The van der Waals surface area contributed by atoms with Crippen LogP contribution in [0.25, 0.3) is 11.1 Å². The Balaban J connectivity index is 1.78. The van der Waals surface area contributed by atoms with Crippen LogP contribution >= 0.6 is 27.7 Å². The second-order valence-electron chi connectivity index (χ2n) is 4.01. The predicted molar refractivity (Wildman–Crippen MR) is 79.9 cm³/mol. The monoisotopic (exact) mass is 335 g/mol. The smallest absolute Gasteiger partial charge is 0.257 e. The molecule has 96 valence electrons. The molecule has 1 aromatic carbocycles. The van der Waals surface area contributed by atoms with E-state index in [4.69, 9.17) is 10.2 Å². The van der Waals surface area contributed by atoms with Crippen molar-refractivity contribution in [1.29, 1.82) is 0 Å². The Labute approximate surface area is 122 Å². The first-order valence-corrected chi connectivity index (χ1v) is 7.37. The van der Waals surface area contributed by atoms with Crippen molar-refractivity contribution in [3.05, 3.63) is 46.7 Å². The third-order valence-electron chi connectivity index (χ3n) is 2.52. The Morgan fingerprint density at radius 1 is 1.26 bits per heavy atom. The number of thioether (sulfide) groups is 1. The molecule has 6 heteroatoms. The molecule has 0 unspecified atom stereocenters. The molecule has 0 spiro atoms. The summed E-state index contributed by atoms with van der Waals surface area (Å²) in [5.74, 6) is 0.759. The molecular weight excluding hydrogens is 326 g/mol. The molecule has 0 radical (unpaired) electrons. The highest BCUT2D eigenvalue weighted by Gasteiger charge is 2.07. The maximum atomic E-state index is 5.71. The zero-order chi connectivity index (χ0) is 13.2. The molecule has 2 N–H and O–H groups in total. The Morgan fingerprint density at radius 2 is 2.16 bits per heavy atom. The summed E-state index contributed by atoms with van der Waals surface area (Å²) in [6, 6.07) is 7.49. The molecule has 3 aromatic rings. The van der Waals surface area contributed by atoms with Crippen molar-refractivity contribution in [1.82, 2.24) is 9.97 Å². The number of halogens is 1. The van der Waals surface area contributed by atoms with Gasteiger partial charge in [0.1, 0.15) is 5.52 Å². The first-order chi connectivity index (χ1) is 9.20. The van der Waals surface area contributed by atoms with Crippen molar-refractivity contribution in [3.8, 4) is 0 Å². The van der Waals surface area contributed by atoms with E-state index in [-0.39, 0.29) is 0 Å². The van der Waals surface area contributed by atoms with E-state index < -0.39 is 0 Å². The average molecular weight is 336 g/mol. The van der Waals surface area contributed by atoms with Crippen LogP contribution in [0, 0.1) is 0 Å². The minimum atomic E-state index is 0.639. The van der Waals surface area contributed by atoms with E-state index >= 15 is 0 Å². The largest absolute Gasteiger partial charge is 0.431 e. The van der Waals surface area contributed by atoms with Crippen molar-refractivity contribution in [2.45, 2.75) is 11.0 Å². The first-order valence-electron chi connectivity index (χ1n) is 5.59. The highest BCUT2D eigenvalue weighted by Crippen LogP contribution is 2.27. The normalized spacial score (nSPS) is 11.0. The molecule has 0 aliphatic rings. The third kappa shape index (κ3) is 2.90. The van der Waals surface area contributed by atoms with E-state index in [1.807, 2.05) is 24.4 Å². The Hall–Kier alpha value is -1.53. The first kappa shape index (κ1) is 12.5. The molecule has 19 heavy (non-hydrogen) atoms. The van der Waals surface area contributed by atoms with Gasteiger partial charge in [-0.3, -0.25) is 4.98 Å². The fourth-order valence-electron chi connectivity index (χ4n) is 1.66. The van der Waals surface area contributed by atoms with Gasteiger partial charge in [-0.15, -0.1) is 0 Å². The van der Waals surface area contributed by atoms with Crippen molar-refractivity contribution in [2.75, 3.05) is 5.73 Å². The van der Waals surface area contributed by atoms with Gasteiger partial charge in [-0.25, -0.2) is 4.98 Å². The number of nitrogen functional groups attached to an aromatic ring is 1. The van der Waals surface area contributed by atoms with Crippen LogP contribution < -0.4 is 5.73 Å². The van der Waals surface area contributed by atoms with E-state index in [0.717, 1.165) is 26.9 Å². The lowest BCUT2D eigenvalue weighted by Crippen LogP contribution is -1.83. The van der Waals surface area contributed by atoms with Crippen LogP contribution in [0.1, 0.15) is 5.56 Å². The van der Waals surface area contributed by atoms with E-state index in [9.17, 15) is 0 Å². The molecule has 2 aromatic heterocycles. The van der Waals surface area contributed by atoms with Gasteiger partial charge in [0, 0.05) is 34.4 Å². The number of aromatic nitrogens is 2. The Kier molecular flexibility index (Phi) is 3.44. The van der Waals surface area contributed by atoms with Crippen molar-refractivity contribution >= 4 is 44.5 Å². The third-order valence-corrected chi connectivity index (χ3v) is 3.85. The second kappa shape index (κ2) is 5.22. The number of benzene rings is 1. The molecule has 2 heterocycles. The molecule has 0 atom stereocenters. The number of fused-ring (bicyclic) bond motifs is 1. The maximum absolute atomic E-state index is 5.71. The maximum Gasteiger partial charge on any atom is 0.257 e. The SMILES string of the molecule is Nc1ccc2nc(SCc3cncc(Br)c3)oc2c1. The molecule has 0 bridgehead atoms. The fourth-order valence-corrected chi connectivity index (χ4v) is 2.83. The molecule has 4 nitrogen and oxygen atoms in total. The van der Waals surface area contributed by atoms with Gasteiger partial charge in [-0.05, 0) is 39.7 Å². The van der Waals surface area contributed by atoms with Crippen LogP contribution in [0.15, 0.2) is 50.8 Å². The second-order valence-corrected chi connectivity index (χ2v) is 5.85. The summed E-state index contributed by atoms with van der Waals surface area (Å²) >= 11 is 4.93. The zero-order valence-corrected chi connectivity index (χ0v) is 12.2. The number of pyridine rings is 1. The lowest BCUT2D eigenvalue weighted by molar-refractivity contribution is 0.489. The van der Waals surface area contributed by atoms with Crippen LogP contribution in [0.5, 0.6) is 0 Å². The molecule has 3 rings (SSSR count). The number of hydrogen-bond acceptors (Lipinski definition) is 5. The number of nitrogens with zero attached hydrogens (tertiary/aromatic N) is 2. The molecule has 0 amide bonds. The van der Waals surface area contributed by atoms with E-state index in [1.54, 1.807) is 12.3 Å². The highest BCUT2D eigenvalue weighted by molar-refractivity contribution is 9.10. The van der Waals surface area contributed by atoms with Gasteiger partial charge in [0.2, 0.25) is 0 Å². The molecular formula is C13H10BrN3OS. The fraction of sp³-hybridized carbons (Fsp3) is 0.0769. The number of oxazole rings is 1. The number of hydrogen-bond donors (Lipinski definition) is 1. The molecule has 0 fully saturated rings. The van der Waals surface area contributed by atoms with Gasteiger partial charge in [-0.1, -0.05) is 11.8 Å². The van der Waals surface area contributed by atoms with Crippen molar-refractivity contribution in [3.63, 3.8) is 0 Å². The quantitative estimate of drug-likeness (QED) is 0.581. The summed E-state index contributed by atoms with van der Waals surface area (Å²) in [7, 11) is 0. The number of anilines is 1. The van der Waals surface area contributed by atoms with Gasteiger partial charge >= 0.3 is 0 Å². The summed E-state index contributed by atoms with van der Waals surface area (Å²) in [6.45, 7) is 0. The summed E-state index contributed by atoms with van der Waals surface area (Å²) in [5.41, 5.74) is 9.04. The molecule has 0 saturated carbocycles. The van der Waals surface area contributed by atoms with Crippen LogP contribution in [0.2, 0.25) is 0 Å².